The minimum Gasteiger partial charge on any atom is -0.346 e. The third kappa shape index (κ3) is 3.22. The topological polar surface area (TPSA) is 40.6 Å². The average Bonchev–Trinajstić information content (AvgIpc) is 2.54. The van der Waals surface area contributed by atoms with Gasteiger partial charge in [0.15, 0.2) is 0 Å². The Morgan fingerprint density at radius 3 is 2.37 bits per heavy atom. The van der Waals surface area contributed by atoms with Crippen molar-refractivity contribution in [3.05, 3.63) is 0 Å². The summed E-state index contributed by atoms with van der Waals surface area (Å²) in [5.74, 6) is 0.295. The van der Waals surface area contributed by atoms with Crippen LogP contribution < -0.4 is 0 Å². The molecular formula is C14H23ClN2O2. The third-order valence-corrected chi connectivity index (χ3v) is 4.94. The van der Waals surface area contributed by atoms with Gasteiger partial charge in [0.2, 0.25) is 11.8 Å². The molecule has 2 amide bonds. The number of amides is 2. The molecule has 5 heteroatoms. The van der Waals surface area contributed by atoms with Gasteiger partial charge in [-0.05, 0) is 38.0 Å². The van der Waals surface area contributed by atoms with Crippen molar-refractivity contribution >= 4 is 23.4 Å². The lowest BCUT2D eigenvalue weighted by Gasteiger charge is -2.41. The van der Waals surface area contributed by atoms with Crippen LogP contribution in [0.25, 0.3) is 0 Å². The fourth-order valence-electron chi connectivity index (χ4n) is 3.17. The first-order chi connectivity index (χ1) is 8.93. The van der Waals surface area contributed by atoms with Crippen LogP contribution in [0.4, 0.5) is 0 Å². The van der Waals surface area contributed by atoms with Gasteiger partial charge in [0.1, 0.15) is 5.38 Å². The van der Waals surface area contributed by atoms with Gasteiger partial charge in [-0.2, -0.15) is 0 Å². The van der Waals surface area contributed by atoms with Gasteiger partial charge < -0.3 is 9.80 Å². The van der Waals surface area contributed by atoms with Crippen molar-refractivity contribution in [1.82, 2.24) is 9.80 Å². The molecule has 108 valence electrons. The number of rotatable bonds is 1. The van der Waals surface area contributed by atoms with E-state index in [1.165, 1.54) is 0 Å². The van der Waals surface area contributed by atoms with E-state index in [9.17, 15) is 9.59 Å². The molecule has 0 bridgehead atoms. The van der Waals surface area contributed by atoms with Crippen LogP contribution >= 0.6 is 11.6 Å². The lowest BCUT2D eigenvalue weighted by atomic mass is 9.73. The number of nitrogens with zero attached hydrogens (tertiary/aromatic N) is 2. The molecule has 0 aromatic heterocycles. The molecule has 0 aliphatic carbocycles. The fraction of sp³-hybridized carbons (Fsp3) is 0.857. The Kier molecular flexibility index (Phi) is 4.39. The van der Waals surface area contributed by atoms with E-state index in [1.807, 2.05) is 16.8 Å². The maximum Gasteiger partial charge on any atom is 0.240 e. The molecule has 2 aliphatic rings. The second-order valence-corrected chi connectivity index (χ2v) is 6.66. The monoisotopic (exact) mass is 286 g/mol. The Hall–Kier alpha value is -0.770. The molecule has 2 rings (SSSR count). The lowest BCUT2D eigenvalue weighted by Crippen LogP contribution is -2.45. The third-order valence-electron chi connectivity index (χ3n) is 4.75. The highest BCUT2D eigenvalue weighted by atomic mass is 35.5. The molecule has 1 unspecified atom stereocenters. The molecule has 1 atom stereocenters. The number of carbonyl (C=O) groups is 2. The summed E-state index contributed by atoms with van der Waals surface area (Å²) in [7, 11) is 1.88. The number of piperidine rings is 1. The van der Waals surface area contributed by atoms with E-state index >= 15 is 0 Å². The van der Waals surface area contributed by atoms with Crippen LogP contribution in [0, 0.1) is 5.41 Å². The molecular weight excluding hydrogens is 264 g/mol. The summed E-state index contributed by atoms with van der Waals surface area (Å²) in [6.07, 6.45) is 4.69. The molecule has 2 saturated heterocycles. The van der Waals surface area contributed by atoms with Gasteiger partial charge in [-0.25, -0.2) is 0 Å². The van der Waals surface area contributed by atoms with Crippen molar-refractivity contribution in [3.63, 3.8) is 0 Å². The van der Waals surface area contributed by atoms with Crippen LogP contribution in [-0.4, -0.2) is 53.7 Å². The molecule has 2 aliphatic heterocycles. The largest absolute Gasteiger partial charge is 0.346 e. The second kappa shape index (κ2) is 5.70. The maximum absolute atomic E-state index is 11.9. The van der Waals surface area contributed by atoms with Gasteiger partial charge in [-0.15, -0.1) is 11.6 Å². The van der Waals surface area contributed by atoms with Crippen LogP contribution in [0.2, 0.25) is 0 Å². The van der Waals surface area contributed by atoms with Gasteiger partial charge in [0.25, 0.3) is 0 Å². The molecule has 0 radical (unpaired) electrons. The number of hydrogen-bond donors (Lipinski definition) is 0. The highest BCUT2D eigenvalue weighted by Gasteiger charge is 2.38. The van der Waals surface area contributed by atoms with Crippen LogP contribution in [0.1, 0.15) is 39.0 Å². The summed E-state index contributed by atoms with van der Waals surface area (Å²) in [5, 5.41) is -0.434. The van der Waals surface area contributed by atoms with Gasteiger partial charge in [-0.3, -0.25) is 9.59 Å². The van der Waals surface area contributed by atoms with Crippen molar-refractivity contribution in [1.29, 1.82) is 0 Å². The van der Waals surface area contributed by atoms with E-state index < -0.39 is 5.38 Å². The number of likely N-dealkylation sites (tertiary alicyclic amines) is 2. The van der Waals surface area contributed by atoms with Crippen molar-refractivity contribution in [3.8, 4) is 0 Å². The fourth-order valence-corrected chi connectivity index (χ4v) is 3.31. The predicted octanol–water partition coefficient (Wildman–Crippen LogP) is 1.86. The summed E-state index contributed by atoms with van der Waals surface area (Å²) in [6, 6.07) is 0. The molecule has 1 spiro atoms. The average molecular weight is 287 g/mol. The molecule has 0 saturated carbocycles. The minimum absolute atomic E-state index is 0.0401. The summed E-state index contributed by atoms with van der Waals surface area (Å²) in [5.41, 5.74) is 0.257. The SMILES string of the molecule is CC(Cl)C(=O)N1CCC2(CCC(=O)N(C)CC2)CC1. The maximum atomic E-state index is 11.9. The summed E-state index contributed by atoms with van der Waals surface area (Å²) in [4.78, 5) is 27.3. The molecule has 0 aromatic carbocycles. The Bertz CT molecular complexity index is 362. The lowest BCUT2D eigenvalue weighted by molar-refractivity contribution is -0.133. The van der Waals surface area contributed by atoms with Gasteiger partial charge in [0, 0.05) is 33.1 Å². The quantitative estimate of drug-likeness (QED) is 0.691. The van der Waals surface area contributed by atoms with Crippen molar-refractivity contribution in [2.75, 3.05) is 26.7 Å². The molecule has 0 N–H and O–H groups in total. The Morgan fingerprint density at radius 2 is 1.79 bits per heavy atom. The highest BCUT2D eigenvalue weighted by Crippen LogP contribution is 2.41. The summed E-state index contributed by atoms with van der Waals surface area (Å²) >= 11 is 5.86. The van der Waals surface area contributed by atoms with Gasteiger partial charge >= 0.3 is 0 Å². The minimum atomic E-state index is -0.434. The van der Waals surface area contributed by atoms with Gasteiger partial charge in [-0.1, -0.05) is 0 Å². The van der Waals surface area contributed by atoms with E-state index in [-0.39, 0.29) is 17.2 Å². The Labute approximate surface area is 120 Å². The second-order valence-electron chi connectivity index (χ2n) is 6.01. The van der Waals surface area contributed by atoms with Crippen molar-refractivity contribution < 1.29 is 9.59 Å². The predicted molar refractivity (Wildman–Crippen MR) is 75.1 cm³/mol. The molecule has 4 nitrogen and oxygen atoms in total. The van der Waals surface area contributed by atoms with Crippen LogP contribution in [0.3, 0.4) is 0 Å². The van der Waals surface area contributed by atoms with E-state index in [0.29, 0.717) is 6.42 Å². The number of halogens is 1. The number of carbonyl (C=O) groups excluding carboxylic acids is 2. The first-order valence-electron chi connectivity index (χ1n) is 7.10. The standard InChI is InChI=1S/C14H23ClN2O2/c1-11(15)13(19)17-9-6-14(7-10-17)4-3-12(18)16(2)8-5-14/h11H,3-10H2,1-2H3. The molecule has 0 aromatic rings. The molecule has 19 heavy (non-hydrogen) atoms. The van der Waals surface area contributed by atoms with Crippen LogP contribution in [0.5, 0.6) is 0 Å². The Morgan fingerprint density at radius 1 is 1.21 bits per heavy atom. The normalized spacial score (nSPS) is 25.3. The van der Waals surface area contributed by atoms with E-state index in [4.69, 9.17) is 11.6 Å². The zero-order valence-electron chi connectivity index (χ0n) is 11.8. The summed E-state index contributed by atoms with van der Waals surface area (Å²) in [6.45, 7) is 4.15. The number of hydrogen-bond acceptors (Lipinski definition) is 2. The van der Waals surface area contributed by atoms with Crippen LogP contribution in [0.15, 0.2) is 0 Å². The smallest absolute Gasteiger partial charge is 0.240 e. The molecule has 2 fully saturated rings. The zero-order chi connectivity index (χ0) is 14.0. The summed E-state index contributed by atoms with van der Waals surface area (Å²) < 4.78 is 0. The van der Waals surface area contributed by atoms with Gasteiger partial charge in [0.05, 0.1) is 0 Å². The Balaban J connectivity index is 1.95. The van der Waals surface area contributed by atoms with E-state index in [0.717, 1.165) is 45.3 Å². The zero-order valence-corrected chi connectivity index (χ0v) is 12.6. The van der Waals surface area contributed by atoms with E-state index in [2.05, 4.69) is 0 Å². The molecule has 2 heterocycles. The first-order valence-corrected chi connectivity index (χ1v) is 7.54. The van der Waals surface area contributed by atoms with Crippen LogP contribution in [-0.2, 0) is 9.59 Å². The number of alkyl halides is 1. The van der Waals surface area contributed by atoms with E-state index in [1.54, 1.807) is 6.92 Å². The van der Waals surface area contributed by atoms with Crippen molar-refractivity contribution in [2.24, 2.45) is 5.41 Å². The highest BCUT2D eigenvalue weighted by molar-refractivity contribution is 6.30. The first kappa shape index (κ1) is 14.6. The van der Waals surface area contributed by atoms with Crippen molar-refractivity contribution in [2.45, 2.75) is 44.4 Å².